The number of hydrogen-bond acceptors (Lipinski definition) is 16. The largest absolute Gasteiger partial charge is 0.394 e. The predicted molar refractivity (Wildman–Crippen MR) is 174 cm³/mol. The van der Waals surface area contributed by atoms with Crippen molar-refractivity contribution in [3.05, 3.63) is 11.9 Å². The molecular weight excluding hydrogens is 708 g/mol. The monoisotopic (exact) mass is 752 g/mol. The Morgan fingerprint density at radius 1 is 1.00 bits per heavy atom. The zero-order valence-corrected chi connectivity index (χ0v) is 27.8. The van der Waals surface area contributed by atoms with Crippen molar-refractivity contribution >= 4 is 57.8 Å². The van der Waals surface area contributed by atoms with Crippen LogP contribution in [0.5, 0.6) is 0 Å². The number of nitrogens with one attached hydrogen (secondary N) is 8. The van der Waals surface area contributed by atoms with Crippen LogP contribution >= 0.6 is 0 Å². The zero-order valence-electron chi connectivity index (χ0n) is 27.0. The van der Waals surface area contributed by atoms with Crippen LogP contribution in [-0.2, 0) is 39.2 Å². The zero-order chi connectivity index (χ0) is 38.9. The molecule has 2 heterocycles. The summed E-state index contributed by atoms with van der Waals surface area (Å²) >= 11 is 0. The summed E-state index contributed by atoms with van der Waals surface area (Å²) < 4.78 is 31.6. The summed E-state index contributed by atoms with van der Waals surface area (Å²) in [6, 6.07) is -9.04. The van der Waals surface area contributed by atoms with Crippen molar-refractivity contribution in [2.45, 2.75) is 55.5 Å². The number of nitrogens with two attached hydrogens (primary N) is 5. The smallest absolute Gasteiger partial charge is 0.394 e. The minimum atomic E-state index is -4.67. The highest BCUT2D eigenvalue weighted by atomic mass is 32.3. The van der Waals surface area contributed by atoms with Crippen molar-refractivity contribution in [1.82, 2.24) is 42.5 Å². The highest BCUT2D eigenvalue weighted by Gasteiger charge is 2.35. The highest BCUT2D eigenvalue weighted by Crippen LogP contribution is 2.07. The normalized spacial score (nSPS) is 25.1. The summed E-state index contributed by atoms with van der Waals surface area (Å²) in [5, 5.41) is 28.6. The van der Waals surface area contributed by atoms with E-state index in [2.05, 4.69) is 42.2 Å². The molecule has 2 rings (SSSR count). The molecule has 6 unspecified atom stereocenters. The third-order valence-corrected chi connectivity index (χ3v) is 6.71. The van der Waals surface area contributed by atoms with E-state index in [0.29, 0.717) is 6.42 Å². The fourth-order valence-corrected chi connectivity index (χ4v) is 4.14. The van der Waals surface area contributed by atoms with Gasteiger partial charge in [-0.05, 0) is 25.8 Å². The standard InChI is InChI=1S/C24H42N14O8.H2O4S/c25-4-1-2-10(26)17(40)32-7-13-19(42)34-14(8-33-24(29)46)20(43)38-16(12-3-5-30-23(28)37-12)22(45)31-6-11(27)18(41)36-15(9-39)21(44)35-13;1-5(2,3)4/h8,10-13,15-16,39H,1-7,9,25-27H2,(H,31,45)(H,32,40)(H,34,42)(H,35,44)(H,36,41)(H,38,43)(H3,28,30,37)(H3,29,33,46);(H2,1,2,3,4)/b14-8-;. The van der Waals surface area contributed by atoms with Gasteiger partial charge in [0.25, 0.3) is 5.91 Å². The molecule has 26 nitrogen and oxygen atoms in total. The van der Waals surface area contributed by atoms with E-state index in [1.165, 1.54) is 0 Å². The van der Waals surface area contributed by atoms with Crippen LogP contribution in [0.3, 0.4) is 0 Å². The second-order valence-corrected chi connectivity index (χ2v) is 11.6. The Kier molecular flexibility index (Phi) is 18.2. The topological polar surface area (TPSA) is 453 Å². The molecule has 0 radical (unpaired) electrons. The van der Waals surface area contributed by atoms with Gasteiger partial charge in [-0.25, -0.2) is 4.79 Å². The molecule has 0 aliphatic carbocycles. The van der Waals surface area contributed by atoms with Crippen LogP contribution in [0.1, 0.15) is 19.3 Å². The average Bonchev–Trinajstić information content (AvgIpc) is 3.05. The number of urea groups is 1. The first kappa shape index (κ1) is 43.8. The van der Waals surface area contributed by atoms with Crippen molar-refractivity contribution in [3.8, 4) is 0 Å². The van der Waals surface area contributed by atoms with Crippen molar-refractivity contribution < 1.29 is 56.2 Å². The lowest BCUT2D eigenvalue weighted by Gasteiger charge is -2.31. The van der Waals surface area contributed by atoms with E-state index in [4.69, 9.17) is 46.2 Å². The van der Waals surface area contributed by atoms with Gasteiger partial charge in [0.2, 0.25) is 29.5 Å². The van der Waals surface area contributed by atoms with Crippen molar-refractivity contribution in [1.29, 1.82) is 0 Å². The quantitative estimate of drug-likeness (QED) is 0.0768. The van der Waals surface area contributed by atoms with Gasteiger partial charge in [-0.15, -0.1) is 0 Å². The highest BCUT2D eigenvalue weighted by molar-refractivity contribution is 7.79. The fraction of sp³-hybridized carbons (Fsp3) is 0.583. The number of carbonyl (C=O) groups excluding carboxylic acids is 7. The van der Waals surface area contributed by atoms with Crippen LogP contribution in [0.15, 0.2) is 16.9 Å². The van der Waals surface area contributed by atoms with E-state index in [1.807, 2.05) is 5.32 Å². The second kappa shape index (κ2) is 21.1. The summed E-state index contributed by atoms with van der Waals surface area (Å²) in [4.78, 5) is 93.7. The molecule has 0 saturated carbocycles. The number of aliphatic hydroxyl groups is 1. The van der Waals surface area contributed by atoms with E-state index in [0.717, 1.165) is 6.20 Å². The van der Waals surface area contributed by atoms with Crippen LogP contribution in [0, 0.1) is 0 Å². The third kappa shape index (κ3) is 16.9. The lowest BCUT2D eigenvalue weighted by molar-refractivity contribution is -0.134. The average molecular weight is 753 g/mol. The minimum Gasteiger partial charge on any atom is -0.394 e. The first-order chi connectivity index (χ1) is 23.8. The fourth-order valence-electron chi connectivity index (χ4n) is 4.14. The predicted octanol–water partition coefficient (Wildman–Crippen LogP) is -9.28. The molecule has 0 spiro atoms. The number of guanidine groups is 1. The molecule has 1 saturated heterocycles. The molecule has 6 atom stereocenters. The molecule has 2 aliphatic heterocycles. The van der Waals surface area contributed by atoms with Crippen molar-refractivity contribution in [3.63, 3.8) is 0 Å². The number of nitrogens with zero attached hydrogens (tertiary/aromatic N) is 1. The number of rotatable bonds is 9. The molecule has 51 heavy (non-hydrogen) atoms. The summed E-state index contributed by atoms with van der Waals surface area (Å²) in [6.45, 7) is -1.51. The minimum absolute atomic E-state index is 0.0144. The van der Waals surface area contributed by atoms with Gasteiger partial charge in [-0.3, -0.25) is 42.9 Å². The van der Waals surface area contributed by atoms with E-state index >= 15 is 0 Å². The number of aliphatic hydroxyl groups excluding tert-OH is 1. The lowest BCUT2D eigenvalue weighted by Crippen LogP contribution is -2.64. The molecule has 0 aromatic rings. The number of aliphatic imine (C=N–C) groups is 1. The van der Waals surface area contributed by atoms with Crippen molar-refractivity contribution in [2.24, 2.45) is 33.7 Å². The number of hydrogen-bond donors (Lipinski definition) is 16. The van der Waals surface area contributed by atoms with Crippen LogP contribution in [0.25, 0.3) is 0 Å². The Morgan fingerprint density at radius 3 is 2.20 bits per heavy atom. The Morgan fingerprint density at radius 2 is 1.63 bits per heavy atom. The van der Waals surface area contributed by atoms with Gasteiger partial charge in [0, 0.05) is 25.8 Å². The second-order valence-electron chi connectivity index (χ2n) is 10.7. The Balaban J connectivity index is 0.00000242. The summed E-state index contributed by atoms with van der Waals surface area (Å²) in [6.07, 6.45) is 1.61. The molecule has 0 aromatic heterocycles. The SMILES string of the molecule is NCCCC(N)C(=O)NCC1NC(=O)C(CO)NC(=O)C(N)CNC(=O)C(C2CCN=C(N)N2)NC(=O)/C(=C/NC(N)=O)NC1=O.O=S(=O)(O)O. The van der Waals surface area contributed by atoms with Gasteiger partial charge in [0.05, 0.1) is 18.7 Å². The first-order valence-corrected chi connectivity index (χ1v) is 16.3. The molecule has 27 heteroatoms. The molecular formula is C24H44N14O12S. The molecule has 0 bridgehead atoms. The molecule has 8 amide bonds. The maximum absolute atomic E-state index is 13.4. The maximum atomic E-state index is 13.4. The van der Waals surface area contributed by atoms with Gasteiger partial charge in [-0.2, -0.15) is 8.42 Å². The summed E-state index contributed by atoms with van der Waals surface area (Å²) in [5.41, 5.74) is 27.4. The van der Waals surface area contributed by atoms with E-state index in [9.17, 15) is 38.7 Å². The van der Waals surface area contributed by atoms with E-state index in [1.54, 1.807) is 0 Å². The Labute approximate surface area is 290 Å². The van der Waals surface area contributed by atoms with Gasteiger partial charge < -0.3 is 76.3 Å². The van der Waals surface area contributed by atoms with Crippen LogP contribution in [-0.4, -0.2) is 139 Å². The summed E-state index contributed by atoms with van der Waals surface area (Å²) in [5.74, 6) is -5.78. The van der Waals surface area contributed by atoms with E-state index < -0.39 is 114 Å². The number of primary amides is 1. The van der Waals surface area contributed by atoms with Crippen molar-refractivity contribution in [2.75, 3.05) is 32.8 Å². The number of amides is 8. The Bertz CT molecular complexity index is 1450. The van der Waals surface area contributed by atoms with Gasteiger partial charge in [-0.1, -0.05) is 0 Å². The lowest BCUT2D eigenvalue weighted by atomic mass is 10.0. The van der Waals surface area contributed by atoms with E-state index in [-0.39, 0.29) is 31.9 Å². The van der Waals surface area contributed by atoms with Gasteiger partial charge >= 0.3 is 16.4 Å². The maximum Gasteiger partial charge on any atom is 0.394 e. The number of carbonyl (C=O) groups is 7. The third-order valence-electron chi connectivity index (χ3n) is 6.71. The van der Waals surface area contributed by atoms with Crippen LogP contribution in [0.4, 0.5) is 4.79 Å². The molecule has 2 aliphatic rings. The van der Waals surface area contributed by atoms with Gasteiger partial charge in [0.15, 0.2) is 5.96 Å². The van der Waals surface area contributed by atoms with Crippen LogP contribution < -0.4 is 71.2 Å². The Hall–Kier alpha value is -5.19. The molecule has 0 aromatic carbocycles. The first-order valence-electron chi connectivity index (χ1n) is 14.9. The van der Waals surface area contributed by atoms with Gasteiger partial charge in [0.1, 0.15) is 29.9 Å². The molecule has 21 N–H and O–H groups in total. The molecule has 288 valence electrons. The van der Waals surface area contributed by atoms with Crippen LogP contribution in [0.2, 0.25) is 0 Å². The molecule has 1 fully saturated rings. The summed E-state index contributed by atoms with van der Waals surface area (Å²) in [7, 11) is -4.67.